The SMILES string of the molecule is C=C/C=C\C1=C(N(c2ccccc2)c2ccccc2)C2(c3ccccc31)c1ccccc1-c1cc3c(=O)c4ccccc4oc3cc12. The van der Waals surface area contributed by atoms with Gasteiger partial charge in [-0.2, -0.15) is 0 Å². The summed E-state index contributed by atoms with van der Waals surface area (Å²) < 4.78 is 6.54. The highest BCUT2D eigenvalue weighted by molar-refractivity contribution is 6.03. The van der Waals surface area contributed by atoms with E-state index in [9.17, 15) is 4.79 Å². The van der Waals surface area contributed by atoms with Gasteiger partial charge < -0.3 is 9.32 Å². The quantitative estimate of drug-likeness (QED) is 0.145. The molecule has 2 aliphatic carbocycles. The Hall–Kier alpha value is -6.19. The third-order valence-electron chi connectivity index (χ3n) is 9.62. The number of hydrogen-bond donors (Lipinski definition) is 0. The molecule has 47 heavy (non-hydrogen) atoms. The summed E-state index contributed by atoms with van der Waals surface area (Å²) in [6.45, 7) is 4.03. The van der Waals surface area contributed by atoms with Crippen LogP contribution in [0.4, 0.5) is 11.4 Å². The van der Waals surface area contributed by atoms with Gasteiger partial charge in [0.2, 0.25) is 5.43 Å². The van der Waals surface area contributed by atoms with E-state index < -0.39 is 5.41 Å². The fourth-order valence-corrected chi connectivity index (χ4v) is 7.80. The molecular formula is C44H29NO2. The maximum atomic E-state index is 13.9. The molecule has 222 valence electrons. The molecule has 7 aromatic rings. The minimum Gasteiger partial charge on any atom is -0.456 e. The van der Waals surface area contributed by atoms with Crippen molar-refractivity contribution in [1.82, 2.24) is 0 Å². The van der Waals surface area contributed by atoms with Crippen molar-refractivity contribution in [3.8, 4) is 11.1 Å². The molecule has 0 bridgehead atoms. The lowest BCUT2D eigenvalue weighted by atomic mass is 9.71. The van der Waals surface area contributed by atoms with Crippen LogP contribution < -0.4 is 10.3 Å². The maximum Gasteiger partial charge on any atom is 0.200 e. The van der Waals surface area contributed by atoms with Gasteiger partial charge in [-0.25, -0.2) is 0 Å². The number of rotatable bonds is 5. The molecule has 0 fully saturated rings. The van der Waals surface area contributed by atoms with E-state index in [1.807, 2.05) is 36.4 Å². The molecule has 9 rings (SSSR count). The minimum atomic E-state index is -0.729. The van der Waals surface area contributed by atoms with Crippen molar-refractivity contribution >= 4 is 38.9 Å². The van der Waals surface area contributed by atoms with Crippen LogP contribution in [0.15, 0.2) is 185 Å². The molecule has 2 aliphatic rings. The summed E-state index contributed by atoms with van der Waals surface area (Å²) in [7, 11) is 0. The zero-order valence-corrected chi connectivity index (χ0v) is 25.6. The van der Waals surface area contributed by atoms with Crippen molar-refractivity contribution in [3.63, 3.8) is 0 Å². The second-order valence-electron chi connectivity index (χ2n) is 12.0. The van der Waals surface area contributed by atoms with Crippen LogP contribution in [0.3, 0.4) is 0 Å². The molecule has 0 saturated heterocycles. The molecule has 1 atom stereocenters. The van der Waals surface area contributed by atoms with Crippen LogP contribution in [0, 0.1) is 0 Å². The number of nitrogens with zero attached hydrogens (tertiary/aromatic N) is 1. The Morgan fingerprint density at radius 1 is 0.574 bits per heavy atom. The third kappa shape index (κ3) is 3.77. The number of fused-ring (bicyclic) bond motifs is 9. The van der Waals surface area contributed by atoms with Gasteiger partial charge >= 0.3 is 0 Å². The molecule has 1 heterocycles. The Balaban J connectivity index is 1.49. The summed E-state index contributed by atoms with van der Waals surface area (Å²) in [5.74, 6) is 0. The molecule has 0 aliphatic heterocycles. The molecule has 1 spiro atoms. The first-order valence-corrected chi connectivity index (χ1v) is 15.9. The number of para-hydroxylation sites is 3. The highest BCUT2D eigenvalue weighted by atomic mass is 16.3. The molecular weight excluding hydrogens is 574 g/mol. The summed E-state index contributed by atoms with van der Waals surface area (Å²) in [6.07, 6.45) is 6.04. The van der Waals surface area contributed by atoms with Gasteiger partial charge in [0, 0.05) is 16.9 Å². The fourth-order valence-electron chi connectivity index (χ4n) is 7.80. The summed E-state index contributed by atoms with van der Waals surface area (Å²) in [5, 5.41) is 1.17. The standard InChI is InChI=1S/C44H29NO2/c1-2-3-20-33-31-21-10-13-24-37(31)44(43(33)45(29-16-6-4-7-17-29)30-18-8-5-9-19-30)38-25-14-11-22-32(38)35-27-36-41(28-39(35)44)47-40-26-15-12-23-34(40)42(36)46/h2-28H,1H2/b20-3-. The van der Waals surface area contributed by atoms with Crippen LogP contribution >= 0.6 is 0 Å². The predicted molar refractivity (Wildman–Crippen MR) is 193 cm³/mol. The number of anilines is 2. The molecule has 1 aromatic heterocycles. The fraction of sp³-hybridized carbons (Fsp3) is 0.0227. The number of benzene rings is 6. The Labute approximate surface area is 272 Å². The molecule has 6 aromatic carbocycles. The number of hydrogen-bond acceptors (Lipinski definition) is 3. The average Bonchev–Trinajstić information content (AvgIpc) is 3.57. The van der Waals surface area contributed by atoms with Crippen LogP contribution in [-0.4, -0.2) is 0 Å². The van der Waals surface area contributed by atoms with Crippen LogP contribution in [0.25, 0.3) is 38.6 Å². The van der Waals surface area contributed by atoms with E-state index in [1.165, 1.54) is 11.1 Å². The molecule has 0 saturated carbocycles. The maximum absolute atomic E-state index is 13.9. The highest BCUT2D eigenvalue weighted by Crippen LogP contribution is 2.64. The highest BCUT2D eigenvalue weighted by Gasteiger charge is 2.55. The van der Waals surface area contributed by atoms with Crippen molar-refractivity contribution in [2.24, 2.45) is 0 Å². The normalized spacial score (nSPS) is 16.2. The van der Waals surface area contributed by atoms with E-state index in [4.69, 9.17) is 4.42 Å². The second-order valence-corrected chi connectivity index (χ2v) is 12.0. The zero-order chi connectivity index (χ0) is 31.5. The molecule has 1 unspecified atom stereocenters. The van der Waals surface area contributed by atoms with Crippen LogP contribution in [0.5, 0.6) is 0 Å². The summed E-state index contributed by atoms with van der Waals surface area (Å²) >= 11 is 0. The molecule has 0 radical (unpaired) electrons. The van der Waals surface area contributed by atoms with Crippen molar-refractivity contribution in [2.45, 2.75) is 5.41 Å². The van der Waals surface area contributed by atoms with E-state index >= 15 is 0 Å². The van der Waals surface area contributed by atoms with Crippen LogP contribution in [-0.2, 0) is 5.41 Å². The smallest absolute Gasteiger partial charge is 0.200 e. The monoisotopic (exact) mass is 603 g/mol. The first-order valence-electron chi connectivity index (χ1n) is 15.9. The zero-order valence-electron chi connectivity index (χ0n) is 25.6. The first kappa shape index (κ1) is 27.1. The third-order valence-corrected chi connectivity index (χ3v) is 9.62. The molecule has 3 heteroatoms. The van der Waals surface area contributed by atoms with Crippen LogP contribution in [0.2, 0.25) is 0 Å². The first-order chi connectivity index (χ1) is 23.2. The minimum absolute atomic E-state index is 0.0181. The van der Waals surface area contributed by atoms with Crippen molar-refractivity contribution in [1.29, 1.82) is 0 Å². The number of allylic oxidation sites excluding steroid dienone is 5. The van der Waals surface area contributed by atoms with Gasteiger partial charge in [-0.05, 0) is 81.9 Å². The average molecular weight is 604 g/mol. The summed E-state index contributed by atoms with van der Waals surface area (Å²) in [5.41, 5.74) is 11.5. The van der Waals surface area contributed by atoms with E-state index in [-0.39, 0.29) is 5.43 Å². The Morgan fingerprint density at radius 2 is 1.17 bits per heavy atom. The van der Waals surface area contributed by atoms with Crippen molar-refractivity contribution < 1.29 is 4.42 Å². The lowest BCUT2D eigenvalue weighted by molar-refractivity contribution is 0.656. The van der Waals surface area contributed by atoms with Gasteiger partial charge in [0.1, 0.15) is 11.2 Å². The van der Waals surface area contributed by atoms with E-state index in [0.717, 1.165) is 44.9 Å². The van der Waals surface area contributed by atoms with Gasteiger partial charge in [-0.1, -0.05) is 122 Å². The summed E-state index contributed by atoms with van der Waals surface area (Å²) in [6, 6.07) is 50.2. The van der Waals surface area contributed by atoms with E-state index in [1.54, 1.807) is 0 Å². The Kier molecular flexibility index (Phi) is 6.03. The Morgan fingerprint density at radius 3 is 1.87 bits per heavy atom. The lowest BCUT2D eigenvalue weighted by Crippen LogP contribution is -2.35. The Bertz CT molecular complexity index is 2470. The van der Waals surface area contributed by atoms with E-state index in [0.29, 0.717) is 21.9 Å². The molecule has 0 N–H and O–H groups in total. The summed E-state index contributed by atoms with van der Waals surface area (Å²) in [4.78, 5) is 16.3. The van der Waals surface area contributed by atoms with E-state index in [2.05, 4.69) is 139 Å². The van der Waals surface area contributed by atoms with Gasteiger partial charge in [-0.15, -0.1) is 0 Å². The van der Waals surface area contributed by atoms with Crippen LogP contribution in [0.1, 0.15) is 22.3 Å². The largest absolute Gasteiger partial charge is 0.456 e. The van der Waals surface area contributed by atoms with Gasteiger partial charge in [0.25, 0.3) is 0 Å². The lowest BCUT2D eigenvalue weighted by Gasteiger charge is -2.39. The van der Waals surface area contributed by atoms with Crippen molar-refractivity contribution in [2.75, 3.05) is 4.90 Å². The predicted octanol–water partition coefficient (Wildman–Crippen LogP) is 10.6. The topological polar surface area (TPSA) is 33.5 Å². The van der Waals surface area contributed by atoms with Gasteiger partial charge in [-0.3, -0.25) is 4.79 Å². The van der Waals surface area contributed by atoms with Crippen molar-refractivity contribution in [3.05, 3.63) is 209 Å². The molecule has 3 nitrogen and oxygen atoms in total. The second kappa shape index (κ2) is 10.4. The van der Waals surface area contributed by atoms with Gasteiger partial charge in [0.15, 0.2) is 0 Å². The van der Waals surface area contributed by atoms with Gasteiger partial charge in [0.05, 0.1) is 21.9 Å². The molecule has 0 amide bonds.